The summed E-state index contributed by atoms with van der Waals surface area (Å²) >= 11 is 0. The van der Waals surface area contributed by atoms with Crippen molar-refractivity contribution in [2.45, 2.75) is 51.2 Å². The maximum absolute atomic E-state index is 12.5. The first kappa shape index (κ1) is 15.9. The second kappa shape index (κ2) is 5.58. The van der Waals surface area contributed by atoms with Gasteiger partial charge in [-0.3, -0.25) is 9.69 Å². The van der Waals surface area contributed by atoms with Crippen molar-refractivity contribution in [1.82, 2.24) is 10.2 Å². The van der Waals surface area contributed by atoms with Gasteiger partial charge < -0.3 is 14.5 Å². The van der Waals surface area contributed by atoms with E-state index in [1.807, 2.05) is 19.9 Å². The number of likely N-dealkylation sites (tertiary alicyclic amines) is 1. The molecular weight excluding hydrogens is 316 g/mol. The number of fused-ring (bicyclic) bond motifs is 1. The third-order valence-electron chi connectivity index (χ3n) is 6.85. The van der Waals surface area contributed by atoms with Crippen LogP contribution in [0.4, 0.5) is 0 Å². The van der Waals surface area contributed by atoms with Crippen molar-refractivity contribution >= 4 is 5.91 Å². The van der Waals surface area contributed by atoms with E-state index in [2.05, 4.69) is 10.2 Å². The van der Waals surface area contributed by atoms with Crippen LogP contribution in [0.1, 0.15) is 47.6 Å². The highest BCUT2D eigenvalue weighted by Crippen LogP contribution is 2.55. The van der Waals surface area contributed by atoms with Crippen molar-refractivity contribution in [2.75, 3.05) is 26.2 Å². The molecular formula is C20H28N2O3. The molecule has 1 aromatic rings. The number of aryl methyl sites for hydroxylation is 2. The highest BCUT2D eigenvalue weighted by atomic mass is 16.5. The minimum atomic E-state index is -0.0148. The van der Waals surface area contributed by atoms with E-state index in [9.17, 15) is 4.79 Å². The second-order valence-corrected chi connectivity index (χ2v) is 8.70. The molecule has 1 spiro atoms. The van der Waals surface area contributed by atoms with Gasteiger partial charge in [0.2, 0.25) is 0 Å². The van der Waals surface area contributed by atoms with Gasteiger partial charge in [-0.2, -0.15) is 0 Å². The summed E-state index contributed by atoms with van der Waals surface area (Å²) in [5, 5.41) is 3.16. The number of nitrogens with zero attached hydrogens (tertiary/aromatic N) is 1. The van der Waals surface area contributed by atoms with Crippen LogP contribution in [0.3, 0.4) is 0 Å². The molecule has 0 unspecified atom stereocenters. The topological polar surface area (TPSA) is 54.7 Å². The Morgan fingerprint density at radius 3 is 2.92 bits per heavy atom. The third-order valence-corrected chi connectivity index (χ3v) is 6.85. The molecule has 2 bridgehead atoms. The summed E-state index contributed by atoms with van der Waals surface area (Å²) in [7, 11) is 0. The van der Waals surface area contributed by atoms with Crippen molar-refractivity contribution in [3.8, 4) is 0 Å². The van der Waals surface area contributed by atoms with E-state index in [1.54, 1.807) is 0 Å². The van der Waals surface area contributed by atoms with E-state index < -0.39 is 0 Å². The quantitative estimate of drug-likeness (QED) is 0.892. The summed E-state index contributed by atoms with van der Waals surface area (Å²) in [4.78, 5) is 15.2. The number of carbonyl (C=O) groups excluding carboxylic acids is 1. The minimum Gasteiger partial charge on any atom is -0.466 e. The minimum absolute atomic E-state index is 0.0148. The van der Waals surface area contributed by atoms with Crippen LogP contribution in [0.25, 0.3) is 0 Å². The summed E-state index contributed by atoms with van der Waals surface area (Å²) in [5.41, 5.74) is 0.745. The fourth-order valence-electron chi connectivity index (χ4n) is 5.53. The van der Waals surface area contributed by atoms with Crippen LogP contribution >= 0.6 is 0 Å². The first-order valence-electron chi connectivity index (χ1n) is 9.79. The van der Waals surface area contributed by atoms with Gasteiger partial charge in [0.05, 0.1) is 17.3 Å². The SMILES string of the molecule is Cc1cc(C(=O)NC[C@H]2[C@H]3CN(CC4CC4)C[C@]34CC[C@H]2O4)c(C)o1. The molecule has 5 heteroatoms. The average molecular weight is 344 g/mol. The largest absolute Gasteiger partial charge is 0.466 e. The Hall–Kier alpha value is -1.33. The number of hydrogen-bond donors (Lipinski definition) is 1. The molecule has 4 fully saturated rings. The van der Waals surface area contributed by atoms with E-state index >= 15 is 0 Å². The van der Waals surface area contributed by atoms with Gasteiger partial charge in [-0.05, 0) is 51.5 Å². The second-order valence-electron chi connectivity index (χ2n) is 8.70. The van der Waals surface area contributed by atoms with Crippen LogP contribution < -0.4 is 5.32 Å². The van der Waals surface area contributed by atoms with Gasteiger partial charge in [0, 0.05) is 38.0 Å². The van der Waals surface area contributed by atoms with Gasteiger partial charge in [0.25, 0.3) is 5.91 Å². The van der Waals surface area contributed by atoms with Crippen LogP contribution in [0.5, 0.6) is 0 Å². The molecule has 0 aromatic carbocycles. The first-order valence-corrected chi connectivity index (χ1v) is 9.79. The van der Waals surface area contributed by atoms with Crippen LogP contribution in [0.2, 0.25) is 0 Å². The van der Waals surface area contributed by atoms with E-state index in [-0.39, 0.29) is 11.5 Å². The molecule has 1 amide bonds. The number of rotatable bonds is 5. The number of amides is 1. The number of furan rings is 1. The fraction of sp³-hybridized carbons (Fsp3) is 0.750. The lowest BCUT2D eigenvalue weighted by molar-refractivity contribution is 0.00244. The monoisotopic (exact) mass is 344 g/mol. The summed E-state index contributed by atoms with van der Waals surface area (Å²) in [5.74, 6) is 3.44. The van der Waals surface area contributed by atoms with Crippen LogP contribution in [0, 0.1) is 31.6 Å². The molecule has 0 radical (unpaired) electrons. The lowest BCUT2D eigenvalue weighted by Crippen LogP contribution is -2.41. The van der Waals surface area contributed by atoms with Crippen molar-refractivity contribution in [3.63, 3.8) is 0 Å². The predicted octanol–water partition coefficient (Wildman–Crippen LogP) is 2.52. The molecule has 5 rings (SSSR count). The molecule has 5 nitrogen and oxygen atoms in total. The van der Waals surface area contributed by atoms with Crippen LogP contribution in [0.15, 0.2) is 10.5 Å². The van der Waals surface area contributed by atoms with Gasteiger partial charge in [-0.1, -0.05) is 0 Å². The summed E-state index contributed by atoms with van der Waals surface area (Å²) in [6.07, 6.45) is 5.49. The summed E-state index contributed by atoms with van der Waals surface area (Å²) in [6, 6.07) is 1.83. The maximum atomic E-state index is 12.5. The molecule has 136 valence electrons. The van der Waals surface area contributed by atoms with E-state index in [0.717, 1.165) is 37.7 Å². The molecule has 1 aromatic heterocycles. The molecule has 4 atom stereocenters. The zero-order valence-electron chi connectivity index (χ0n) is 15.2. The fourth-order valence-corrected chi connectivity index (χ4v) is 5.53. The van der Waals surface area contributed by atoms with E-state index in [0.29, 0.717) is 29.3 Å². The summed E-state index contributed by atoms with van der Waals surface area (Å²) < 4.78 is 12.0. The molecule has 1 aliphatic carbocycles. The van der Waals surface area contributed by atoms with Crippen molar-refractivity contribution < 1.29 is 13.9 Å². The predicted molar refractivity (Wildman–Crippen MR) is 93.5 cm³/mol. The number of hydrogen-bond acceptors (Lipinski definition) is 4. The third kappa shape index (κ3) is 2.63. The lowest BCUT2D eigenvalue weighted by Gasteiger charge is -2.29. The van der Waals surface area contributed by atoms with Gasteiger partial charge >= 0.3 is 0 Å². The Kier molecular flexibility index (Phi) is 3.55. The smallest absolute Gasteiger partial charge is 0.254 e. The highest BCUT2D eigenvalue weighted by Gasteiger charge is 2.62. The summed E-state index contributed by atoms with van der Waals surface area (Å²) in [6.45, 7) is 7.96. The Balaban J connectivity index is 1.25. The number of carbonyl (C=O) groups is 1. The molecule has 1 saturated carbocycles. The highest BCUT2D eigenvalue weighted by molar-refractivity contribution is 5.95. The van der Waals surface area contributed by atoms with Crippen molar-refractivity contribution in [3.05, 3.63) is 23.2 Å². The normalized spacial score (nSPS) is 36.8. The standard InChI is InChI=1S/C20H28N2O3/c1-12-7-15(13(2)24-12)19(23)21-8-16-17-10-22(9-14-3-4-14)11-20(17)6-5-18(16)25-20/h7,14,16-18H,3-6,8-11H2,1-2H3,(H,21,23)/t16-,17+,18+,20+/m0/s1. The Labute approximate surface area is 149 Å². The van der Waals surface area contributed by atoms with Crippen LogP contribution in [-0.2, 0) is 4.74 Å². The van der Waals surface area contributed by atoms with E-state index in [4.69, 9.17) is 9.15 Å². The molecule has 25 heavy (non-hydrogen) atoms. The molecule has 1 N–H and O–H groups in total. The zero-order chi connectivity index (χ0) is 17.2. The maximum Gasteiger partial charge on any atom is 0.254 e. The van der Waals surface area contributed by atoms with Gasteiger partial charge in [0.15, 0.2) is 0 Å². The first-order chi connectivity index (χ1) is 12.0. The number of nitrogens with one attached hydrogen (secondary N) is 1. The van der Waals surface area contributed by atoms with Gasteiger partial charge in [0.1, 0.15) is 11.5 Å². The molecule has 4 aliphatic rings. The van der Waals surface area contributed by atoms with Gasteiger partial charge in [-0.25, -0.2) is 0 Å². The number of ether oxygens (including phenoxy) is 1. The average Bonchev–Trinajstić information content (AvgIpc) is 2.90. The molecule has 3 aliphatic heterocycles. The van der Waals surface area contributed by atoms with Crippen molar-refractivity contribution in [1.29, 1.82) is 0 Å². The van der Waals surface area contributed by atoms with Crippen molar-refractivity contribution in [2.24, 2.45) is 17.8 Å². The lowest BCUT2D eigenvalue weighted by atomic mass is 9.73. The van der Waals surface area contributed by atoms with Crippen LogP contribution in [-0.4, -0.2) is 48.7 Å². The molecule has 3 saturated heterocycles. The Morgan fingerprint density at radius 1 is 1.36 bits per heavy atom. The van der Waals surface area contributed by atoms with E-state index in [1.165, 1.54) is 25.8 Å². The zero-order valence-corrected chi connectivity index (χ0v) is 15.2. The Bertz CT molecular complexity index is 695. The Morgan fingerprint density at radius 2 is 2.20 bits per heavy atom. The van der Waals surface area contributed by atoms with Gasteiger partial charge in [-0.15, -0.1) is 0 Å². The molecule has 4 heterocycles.